The van der Waals surface area contributed by atoms with Gasteiger partial charge in [0, 0.05) is 6.54 Å². The van der Waals surface area contributed by atoms with Crippen molar-refractivity contribution in [1.29, 1.82) is 0 Å². The van der Waals surface area contributed by atoms with Gasteiger partial charge in [-0.15, -0.1) is 0 Å². The van der Waals surface area contributed by atoms with E-state index in [0.717, 1.165) is 0 Å². The van der Waals surface area contributed by atoms with E-state index in [2.05, 4.69) is 5.32 Å². The van der Waals surface area contributed by atoms with Crippen LogP contribution in [0.25, 0.3) is 0 Å². The van der Waals surface area contributed by atoms with E-state index in [0.29, 0.717) is 12.0 Å². The summed E-state index contributed by atoms with van der Waals surface area (Å²) in [6.45, 7) is 5.47. The summed E-state index contributed by atoms with van der Waals surface area (Å²) < 4.78 is 57.7. The van der Waals surface area contributed by atoms with Crippen LogP contribution in [-0.2, 0) is 11.2 Å². The summed E-state index contributed by atoms with van der Waals surface area (Å²) in [5.41, 5.74) is 0.0113. The molecule has 0 radical (unpaired) electrons. The van der Waals surface area contributed by atoms with Crippen LogP contribution in [0.2, 0.25) is 0 Å². The van der Waals surface area contributed by atoms with Gasteiger partial charge in [-0.25, -0.2) is 4.79 Å². The number of carbonyl (C=O) groups excluding carboxylic acids is 1. The SMILES string of the molecule is [2H]C([2H])([2H])Oc1ccc(CCNC(=O)OC(C)(C)C)cc1OC([2H])([2H])[2H]. The van der Waals surface area contributed by atoms with Gasteiger partial charge in [-0.2, -0.15) is 0 Å². The summed E-state index contributed by atoms with van der Waals surface area (Å²) in [5, 5.41) is 2.57. The predicted octanol–water partition coefficient (Wildman–Crippen LogP) is 2.77. The van der Waals surface area contributed by atoms with Gasteiger partial charge in [0.2, 0.25) is 0 Å². The van der Waals surface area contributed by atoms with E-state index in [1.165, 1.54) is 12.1 Å². The number of hydrogen-bond donors (Lipinski definition) is 1. The Morgan fingerprint density at radius 2 is 1.95 bits per heavy atom. The number of amides is 1. The fourth-order valence-corrected chi connectivity index (χ4v) is 1.50. The van der Waals surface area contributed by atoms with Crippen LogP contribution in [-0.4, -0.2) is 32.3 Å². The smallest absolute Gasteiger partial charge is 0.407 e. The number of ether oxygens (including phenoxy) is 3. The average Bonchev–Trinajstić information content (AvgIpc) is 2.36. The molecule has 5 nitrogen and oxygen atoms in total. The molecule has 0 aliphatic rings. The first-order valence-electron chi connectivity index (χ1n) is 9.12. The van der Waals surface area contributed by atoms with E-state index in [-0.39, 0.29) is 18.0 Å². The maximum atomic E-state index is 11.6. The Hall–Kier alpha value is -1.91. The van der Waals surface area contributed by atoms with Crippen LogP contribution in [0.4, 0.5) is 4.79 Å². The van der Waals surface area contributed by atoms with Crippen LogP contribution in [0, 0.1) is 0 Å². The van der Waals surface area contributed by atoms with Crippen molar-refractivity contribution in [2.24, 2.45) is 0 Å². The number of benzene rings is 1. The van der Waals surface area contributed by atoms with Crippen LogP contribution < -0.4 is 14.8 Å². The van der Waals surface area contributed by atoms with Crippen molar-refractivity contribution in [3.8, 4) is 11.5 Å². The molecule has 0 saturated heterocycles. The highest BCUT2D eigenvalue weighted by molar-refractivity contribution is 5.67. The predicted molar refractivity (Wildman–Crippen MR) is 77.5 cm³/mol. The third-order valence-corrected chi connectivity index (χ3v) is 2.31. The van der Waals surface area contributed by atoms with Crippen LogP contribution in [0.15, 0.2) is 18.2 Å². The summed E-state index contributed by atoms with van der Waals surface area (Å²) in [5.74, 6) is -0.416. The maximum Gasteiger partial charge on any atom is 0.407 e. The van der Waals surface area contributed by atoms with E-state index in [9.17, 15) is 4.79 Å². The number of alkyl carbamates (subject to hydrolysis) is 1. The highest BCUT2D eigenvalue weighted by Crippen LogP contribution is 2.27. The molecule has 112 valence electrons. The fraction of sp³-hybridized carbons (Fsp3) is 0.533. The fourth-order valence-electron chi connectivity index (χ4n) is 1.50. The zero-order valence-corrected chi connectivity index (χ0v) is 11.8. The van der Waals surface area contributed by atoms with Crippen LogP contribution >= 0.6 is 0 Å². The summed E-state index contributed by atoms with van der Waals surface area (Å²) in [6, 6.07) is 4.24. The molecular weight excluding hydrogens is 258 g/mol. The molecule has 0 fully saturated rings. The summed E-state index contributed by atoms with van der Waals surface area (Å²) in [6.07, 6.45) is -0.219. The lowest BCUT2D eigenvalue weighted by Gasteiger charge is -2.19. The van der Waals surface area contributed by atoms with Crippen LogP contribution in [0.1, 0.15) is 34.6 Å². The number of nitrogens with one attached hydrogen (secondary N) is 1. The molecule has 0 aliphatic heterocycles. The number of carbonyl (C=O) groups is 1. The number of methoxy groups -OCH3 is 2. The van der Waals surface area contributed by atoms with Gasteiger partial charge in [0.25, 0.3) is 0 Å². The first kappa shape index (κ1) is 9.10. The Kier molecular flexibility index (Phi) is 3.20. The minimum absolute atomic E-state index is 0.204. The molecule has 0 bridgehead atoms. The van der Waals surface area contributed by atoms with E-state index in [1.807, 2.05) is 0 Å². The zero-order valence-electron chi connectivity index (χ0n) is 17.8. The molecule has 1 rings (SSSR count). The monoisotopic (exact) mass is 287 g/mol. The van der Waals surface area contributed by atoms with E-state index in [4.69, 9.17) is 22.4 Å². The van der Waals surface area contributed by atoms with Crippen molar-refractivity contribution < 1.29 is 27.2 Å². The summed E-state index contributed by atoms with van der Waals surface area (Å²) >= 11 is 0. The second-order valence-corrected chi connectivity index (χ2v) is 5.16. The molecule has 1 amide bonds. The lowest BCUT2D eigenvalue weighted by Crippen LogP contribution is -2.33. The number of rotatable bonds is 5. The van der Waals surface area contributed by atoms with Gasteiger partial charge in [-0.3, -0.25) is 0 Å². The summed E-state index contributed by atoms with van der Waals surface area (Å²) in [7, 11) is -5.51. The second-order valence-electron chi connectivity index (χ2n) is 5.16. The Morgan fingerprint density at radius 3 is 2.60 bits per heavy atom. The first-order valence-corrected chi connectivity index (χ1v) is 6.12. The molecule has 0 spiro atoms. The first-order chi connectivity index (χ1) is 11.6. The molecule has 0 unspecified atom stereocenters. The van der Waals surface area contributed by atoms with Gasteiger partial charge in [0.1, 0.15) is 5.60 Å². The molecule has 5 heteroatoms. The molecule has 0 saturated carbocycles. The molecular formula is C15H23NO4. The van der Waals surface area contributed by atoms with Gasteiger partial charge in [-0.1, -0.05) is 6.07 Å². The van der Waals surface area contributed by atoms with Crippen LogP contribution in [0.3, 0.4) is 0 Å². The van der Waals surface area contributed by atoms with Gasteiger partial charge < -0.3 is 19.5 Å². The Labute approximate surface area is 128 Å². The molecule has 0 aliphatic carbocycles. The van der Waals surface area contributed by atoms with Gasteiger partial charge in [-0.05, 0) is 44.9 Å². The Balaban J connectivity index is 2.81. The molecule has 1 aromatic rings. The third kappa shape index (κ3) is 5.38. The van der Waals surface area contributed by atoms with Crippen molar-refractivity contribution in [2.75, 3.05) is 20.6 Å². The van der Waals surface area contributed by atoms with E-state index < -0.39 is 25.8 Å². The van der Waals surface area contributed by atoms with Crippen molar-refractivity contribution >= 4 is 6.09 Å². The quantitative estimate of drug-likeness (QED) is 0.904. The average molecular weight is 287 g/mol. The van der Waals surface area contributed by atoms with Gasteiger partial charge >= 0.3 is 6.09 Å². The standard InChI is InChI=1S/C15H23NO4/c1-15(2,3)20-14(17)16-9-8-11-6-7-12(18-4)13(10-11)19-5/h6-7,10H,8-9H2,1-5H3,(H,16,17)/i4D3,5D3. The minimum atomic E-state index is -2.76. The highest BCUT2D eigenvalue weighted by atomic mass is 16.6. The molecule has 0 heterocycles. The van der Waals surface area contributed by atoms with Gasteiger partial charge in [0.05, 0.1) is 22.3 Å². The second kappa shape index (κ2) is 7.03. The highest BCUT2D eigenvalue weighted by Gasteiger charge is 2.15. The van der Waals surface area contributed by atoms with Gasteiger partial charge in [0.15, 0.2) is 11.5 Å². The van der Waals surface area contributed by atoms with E-state index in [1.54, 1.807) is 26.8 Å². The van der Waals surface area contributed by atoms with Crippen molar-refractivity contribution in [2.45, 2.75) is 32.8 Å². The Morgan fingerprint density at radius 1 is 1.25 bits per heavy atom. The van der Waals surface area contributed by atoms with Crippen molar-refractivity contribution in [1.82, 2.24) is 5.32 Å². The lowest BCUT2D eigenvalue weighted by molar-refractivity contribution is 0.0528. The summed E-state index contributed by atoms with van der Waals surface area (Å²) in [4.78, 5) is 11.6. The largest absolute Gasteiger partial charge is 0.493 e. The zero-order chi connectivity index (χ0) is 20.2. The molecule has 1 N–H and O–H groups in total. The maximum absolute atomic E-state index is 11.6. The minimum Gasteiger partial charge on any atom is -0.493 e. The normalized spacial score (nSPS) is 16.6. The van der Waals surface area contributed by atoms with E-state index >= 15 is 0 Å². The Bertz CT molecular complexity index is 622. The van der Waals surface area contributed by atoms with Crippen molar-refractivity contribution in [3.05, 3.63) is 23.8 Å². The topological polar surface area (TPSA) is 56.8 Å². The molecule has 0 atom stereocenters. The van der Waals surface area contributed by atoms with Crippen LogP contribution in [0.5, 0.6) is 11.5 Å². The molecule has 1 aromatic carbocycles. The number of hydrogen-bond acceptors (Lipinski definition) is 4. The lowest BCUT2D eigenvalue weighted by atomic mass is 10.1. The molecule has 0 aromatic heterocycles. The van der Waals surface area contributed by atoms with Crippen molar-refractivity contribution in [3.63, 3.8) is 0 Å². The molecule has 20 heavy (non-hydrogen) atoms. The third-order valence-electron chi connectivity index (χ3n) is 2.31.